The van der Waals surface area contributed by atoms with E-state index in [0.717, 1.165) is 19.3 Å². The molecule has 3 nitrogen and oxygen atoms in total. The number of halogens is 2. The molecule has 0 radical (unpaired) electrons. The van der Waals surface area contributed by atoms with Crippen LogP contribution in [0, 0.1) is 5.82 Å². The number of hydrogen-bond donors (Lipinski definition) is 0. The molecule has 1 aromatic carbocycles. The van der Waals surface area contributed by atoms with Crippen LogP contribution in [-0.2, 0) is 0 Å². The quantitative estimate of drug-likeness (QED) is 0.793. The molecule has 2 rings (SSSR count). The van der Waals surface area contributed by atoms with Gasteiger partial charge in [-0.2, -0.15) is 0 Å². The van der Waals surface area contributed by atoms with Crippen molar-refractivity contribution in [2.24, 2.45) is 0 Å². The molecule has 92 valence electrons. The van der Waals surface area contributed by atoms with E-state index < -0.39 is 11.9 Å². The lowest BCUT2D eigenvalue weighted by Crippen LogP contribution is -2.37. The summed E-state index contributed by atoms with van der Waals surface area (Å²) in [6.45, 7) is 1.38. The Kier molecular flexibility index (Phi) is 3.99. The topological polar surface area (TPSA) is 29.5 Å². The minimum atomic E-state index is -0.529. The molecule has 0 unspecified atom stereocenters. The average molecular weight is 302 g/mol. The summed E-state index contributed by atoms with van der Waals surface area (Å²) in [4.78, 5) is 13.4. The van der Waals surface area contributed by atoms with E-state index in [-0.39, 0.29) is 5.75 Å². The first-order valence-electron chi connectivity index (χ1n) is 5.58. The Morgan fingerprint density at radius 3 is 2.71 bits per heavy atom. The van der Waals surface area contributed by atoms with E-state index in [9.17, 15) is 9.18 Å². The van der Waals surface area contributed by atoms with E-state index in [1.807, 2.05) is 0 Å². The highest BCUT2D eigenvalue weighted by atomic mass is 79.9. The number of rotatable bonds is 1. The zero-order chi connectivity index (χ0) is 12.3. The molecule has 1 aliphatic heterocycles. The lowest BCUT2D eigenvalue weighted by molar-refractivity contribution is 0.141. The van der Waals surface area contributed by atoms with Crippen molar-refractivity contribution in [2.75, 3.05) is 13.1 Å². The summed E-state index contributed by atoms with van der Waals surface area (Å²) in [5, 5.41) is 0. The Morgan fingerprint density at radius 2 is 2.00 bits per heavy atom. The smallest absolute Gasteiger partial charge is 0.407 e. The van der Waals surface area contributed by atoms with Gasteiger partial charge in [-0.1, -0.05) is 15.9 Å². The highest BCUT2D eigenvalue weighted by molar-refractivity contribution is 9.10. The van der Waals surface area contributed by atoms with Crippen molar-refractivity contribution >= 4 is 22.0 Å². The maximum Gasteiger partial charge on any atom is 0.415 e. The Bertz CT molecular complexity index is 419. The van der Waals surface area contributed by atoms with E-state index >= 15 is 0 Å². The van der Waals surface area contributed by atoms with E-state index in [0.29, 0.717) is 17.6 Å². The third kappa shape index (κ3) is 3.19. The molecular formula is C12H13BrFNO2. The van der Waals surface area contributed by atoms with Gasteiger partial charge in [-0.15, -0.1) is 0 Å². The van der Waals surface area contributed by atoms with Crippen LogP contribution >= 0.6 is 15.9 Å². The van der Waals surface area contributed by atoms with Crippen LogP contribution in [0.25, 0.3) is 0 Å². The summed E-state index contributed by atoms with van der Waals surface area (Å²) in [7, 11) is 0. The maximum atomic E-state index is 13.4. The Hall–Kier alpha value is -1.10. The van der Waals surface area contributed by atoms with Crippen LogP contribution < -0.4 is 4.74 Å². The maximum absolute atomic E-state index is 13.4. The zero-order valence-electron chi connectivity index (χ0n) is 9.29. The molecule has 17 heavy (non-hydrogen) atoms. The summed E-state index contributed by atoms with van der Waals surface area (Å²) < 4.78 is 19.1. The van der Waals surface area contributed by atoms with E-state index in [2.05, 4.69) is 15.9 Å². The number of piperidine rings is 1. The molecule has 0 aromatic heterocycles. The first-order chi connectivity index (χ1) is 8.16. The lowest BCUT2D eigenvalue weighted by atomic mass is 10.1. The van der Waals surface area contributed by atoms with Gasteiger partial charge in [-0.25, -0.2) is 9.18 Å². The van der Waals surface area contributed by atoms with Gasteiger partial charge in [0.15, 0.2) is 11.6 Å². The third-order valence-corrected chi connectivity index (χ3v) is 3.20. The van der Waals surface area contributed by atoms with Crippen LogP contribution in [0.2, 0.25) is 0 Å². The molecule has 1 heterocycles. The fourth-order valence-electron chi connectivity index (χ4n) is 1.79. The van der Waals surface area contributed by atoms with Gasteiger partial charge in [-0.3, -0.25) is 0 Å². The van der Waals surface area contributed by atoms with Crippen molar-refractivity contribution in [3.63, 3.8) is 0 Å². The SMILES string of the molecule is O=C(Oc1cc(Br)ccc1F)N1CCCCC1. The van der Waals surface area contributed by atoms with E-state index in [1.54, 1.807) is 11.0 Å². The minimum absolute atomic E-state index is 0.0325. The molecule has 0 bridgehead atoms. The monoisotopic (exact) mass is 301 g/mol. The zero-order valence-corrected chi connectivity index (χ0v) is 10.9. The van der Waals surface area contributed by atoms with Crippen LogP contribution in [0.5, 0.6) is 5.75 Å². The summed E-state index contributed by atoms with van der Waals surface area (Å²) in [5.74, 6) is -0.562. The lowest BCUT2D eigenvalue weighted by Gasteiger charge is -2.25. The summed E-state index contributed by atoms with van der Waals surface area (Å²) in [6, 6.07) is 4.29. The van der Waals surface area contributed by atoms with Gasteiger partial charge in [0, 0.05) is 17.6 Å². The molecule has 0 saturated carbocycles. The van der Waals surface area contributed by atoms with Crippen LogP contribution in [0.15, 0.2) is 22.7 Å². The fraction of sp³-hybridized carbons (Fsp3) is 0.417. The fourth-order valence-corrected chi connectivity index (χ4v) is 2.13. The molecule has 1 fully saturated rings. The number of benzene rings is 1. The first-order valence-corrected chi connectivity index (χ1v) is 6.38. The first kappa shape index (κ1) is 12.4. The molecule has 1 aromatic rings. The summed E-state index contributed by atoms with van der Waals surface area (Å²) >= 11 is 3.21. The van der Waals surface area contributed by atoms with E-state index in [1.165, 1.54) is 12.1 Å². The number of nitrogens with zero attached hydrogens (tertiary/aromatic N) is 1. The number of likely N-dealkylation sites (tertiary alicyclic amines) is 1. The molecule has 0 atom stereocenters. The second-order valence-corrected chi connectivity index (χ2v) is 4.91. The Labute approximate surface area is 108 Å². The molecule has 0 aliphatic carbocycles. The van der Waals surface area contributed by atoms with E-state index in [4.69, 9.17) is 4.74 Å². The van der Waals surface area contributed by atoms with Crippen molar-refractivity contribution in [1.29, 1.82) is 0 Å². The van der Waals surface area contributed by atoms with Crippen LogP contribution in [0.3, 0.4) is 0 Å². The number of ether oxygens (including phenoxy) is 1. The Morgan fingerprint density at radius 1 is 1.29 bits per heavy atom. The molecule has 1 amide bonds. The molecule has 0 N–H and O–H groups in total. The van der Waals surface area contributed by atoms with Crippen molar-refractivity contribution < 1.29 is 13.9 Å². The summed E-state index contributed by atoms with van der Waals surface area (Å²) in [5.41, 5.74) is 0. The predicted molar refractivity (Wildman–Crippen MR) is 65.5 cm³/mol. The average Bonchev–Trinajstić information content (AvgIpc) is 2.35. The number of carbonyl (C=O) groups is 1. The number of hydrogen-bond acceptors (Lipinski definition) is 2. The van der Waals surface area contributed by atoms with Crippen molar-refractivity contribution in [2.45, 2.75) is 19.3 Å². The van der Waals surface area contributed by atoms with Gasteiger partial charge < -0.3 is 9.64 Å². The second-order valence-electron chi connectivity index (χ2n) is 3.99. The van der Waals surface area contributed by atoms with Crippen LogP contribution in [0.1, 0.15) is 19.3 Å². The van der Waals surface area contributed by atoms with Gasteiger partial charge >= 0.3 is 6.09 Å². The second kappa shape index (κ2) is 5.49. The van der Waals surface area contributed by atoms with Gasteiger partial charge in [0.1, 0.15) is 0 Å². The van der Waals surface area contributed by atoms with Gasteiger partial charge in [0.05, 0.1) is 0 Å². The minimum Gasteiger partial charge on any atom is -0.407 e. The molecule has 1 aliphatic rings. The highest BCUT2D eigenvalue weighted by Gasteiger charge is 2.19. The largest absolute Gasteiger partial charge is 0.415 e. The van der Waals surface area contributed by atoms with Gasteiger partial charge in [-0.05, 0) is 37.5 Å². The third-order valence-electron chi connectivity index (χ3n) is 2.70. The van der Waals surface area contributed by atoms with Gasteiger partial charge in [0.25, 0.3) is 0 Å². The van der Waals surface area contributed by atoms with Crippen LogP contribution in [-0.4, -0.2) is 24.1 Å². The van der Waals surface area contributed by atoms with Crippen molar-refractivity contribution in [3.05, 3.63) is 28.5 Å². The van der Waals surface area contributed by atoms with Crippen LogP contribution in [0.4, 0.5) is 9.18 Å². The van der Waals surface area contributed by atoms with Crippen molar-refractivity contribution in [3.8, 4) is 5.75 Å². The molecular weight excluding hydrogens is 289 g/mol. The number of amides is 1. The normalized spacial score (nSPS) is 15.8. The highest BCUT2D eigenvalue weighted by Crippen LogP contribution is 2.23. The summed E-state index contributed by atoms with van der Waals surface area (Å²) in [6.07, 6.45) is 2.63. The molecule has 5 heteroatoms. The Balaban J connectivity index is 2.04. The number of carbonyl (C=O) groups excluding carboxylic acids is 1. The van der Waals surface area contributed by atoms with Gasteiger partial charge in [0.2, 0.25) is 0 Å². The molecule has 0 spiro atoms. The standard InChI is InChI=1S/C12H13BrFNO2/c13-9-4-5-10(14)11(8-9)17-12(16)15-6-2-1-3-7-15/h4-5,8H,1-3,6-7H2. The molecule has 1 saturated heterocycles. The van der Waals surface area contributed by atoms with Crippen molar-refractivity contribution in [1.82, 2.24) is 4.90 Å². The predicted octanol–water partition coefficient (Wildman–Crippen LogP) is 3.57.